The molecule has 1 aromatic carbocycles. The Morgan fingerprint density at radius 2 is 2.20 bits per heavy atom. The van der Waals surface area contributed by atoms with Crippen molar-refractivity contribution >= 4 is 22.5 Å². The number of nitrogen functional groups attached to an aromatic ring is 1. The lowest BCUT2D eigenvalue weighted by Gasteiger charge is -2.01. The molecule has 0 fully saturated rings. The maximum Gasteiger partial charge on any atom is 0.268 e. The lowest BCUT2D eigenvalue weighted by atomic mass is 10.2. The third-order valence-corrected chi connectivity index (χ3v) is 2.95. The molecule has 0 saturated carbocycles. The van der Waals surface area contributed by atoms with Gasteiger partial charge < -0.3 is 16.0 Å². The van der Waals surface area contributed by atoms with E-state index in [-0.39, 0.29) is 5.91 Å². The van der Waals surface area contributed by atoms with Gasteiger partial charge >= 0.3 is 0 Å². The summed E-state index contributed by atoms with van der Waals surface area (Å²) < 4.78 is 0. The highest BCUT2D eigenvalue weighted by atomic mass is 16.1. The fraction of sp³-hybridized carbons (Fsp3) is 0.0714. The molecule has 0 aliphatic heterocycles. The number of carbonyl (C=O) groups is 1. The molecule has 100 valence electrons. The van der Waals surface area contributed by atoms with Gasteiger partial charge in [0.05, 0.1) is 12.2 Å². The van der Waals surface area contributed by atoms with Crippen molar-refractivity contribution in [3.63, 3.8) is 0 Å². The third kappa shape index (κ3) is 2.44. The molecule has 1 amide bonds. The van der Waals surface area contributed by atoms with E-state index < -0.39 is 0 Å². The molecule has 0 aliphatic carbocycles. The number of anilines is 1. The molecule has 0 unspecified atom stereocenters. The van der Waals surface area contributed by atoms with Crippen molar-refractivity contribution in [1.82, 2.24) is 20.5 Å². The minimum absolute atomic E-state index is 0.189. The second-order valence-electron chi connectivity index (χ2n) is 4.43. The van der Waals surface area contributed by atoms with Crippen LogP contribution in [0.2, 0.25) is 0 Å². The van der Waals surface area contributed by atoms with Crippen LogP contribution in [0, 0.1) is 0 Å². The van der Waals surface area contributed by atoms with Gasteiger partial charge in [0.1, 0.15) is 5.69 Å². The molecule has 3 rings (SSSR count). The summed E-state index contributed by atoms with van der Waals surface area (Å²) in [6.45, 7) is 0.337. The van der Waals surface area contributed by atoms with E-state index in [4.69, 9.17) is 5.73 Å². The number of nitrogens with two attached hydrogens (primary N) is 1. The number of hydrogen-bond acceptors (Lipinski definition) is 4. The van der Waals surface area contributed by atoms with Crippen LogP contribution in [0.4, 0.5) is 5.69 Å². The molecule has 0 saturated heterocycles. The Balaban J connectivity index is 1.75. The topological polar surface area (TPSA) is 96.7 Å². The summed E-state index contributed by atoms with van der Waals surface area (Å²) in [5, 5.41) is 11.4. The lowest BCUT2D eigenvalue weighted by molar-refractivity contribution is 0.0946. The molecule has 4 N–H and O–H groups in total. The second kappa shape index (κ2) is 5.00. The summed E-state index contributed by atoms with van der Waals surface area (Å²) in [5.41, 5.74) is 8.47. The van der Waals surface area contributed by atoms with Gasteiger partial charge in [-0.1, -0.05) is 0 Å². The first-order chi connectivity index (χ1) is 9.72. The van der Waals surface area contributed by atoms with Gasteiger partial charge in [-0.15, -0.1) is 0 Å². The van der Waals surface area contributed by atoms with Crippen LogP contribution in [0.25, 0.3) is 10.9 Å². The highest BCUT2D eigenvalue weighted by Gasteiger charge is 2.09. The summed E-state index contributed by atoms with van der Waals surface area (Å²) in [7, 11) is 0. The van der Waals surface area contributed by atoms with Gasteiger partial charge in [-0.3, -0.25) is 4.79 Å². The molecular formula is C14H13N5O. The normalized spacial score (nSPS) is 10.6. The van der Waals surface area contributed by atoms with E-state index in [0.717, 1.165) is 10.9 Å². The molecule has 6 heteroatoms. The predicted octanol–water partition coefficient (Wildman–Crippen LogP) is 1.47. The van der Waals surface area contributed by atoms with Crippen LogP contribution in [-0.2, 0) is 6.54 Å². The first kappa shape index (κ1) is 12.2. The summed E-state index contributed by atoms with van der Waals surface area (Å²) in [5.74, 6) is -0.189. The molecule has 0 atom stereocenters. The fourth-order valence-electron chi connectivity index (χ4n) is 1.97. The number of rotatable bonds is 3. The van der Waals surface area contributed by atoms with E-state index in [1.807, 2.05) is 12.1 Å². The van der Waals surface area contributed by atoms with Gasteiger partial charge in [0.15, 0.2) is 0 Å². The quantitative estimate of drug-likeness (QED) is 0.626. The molecule has 0 spiro atoms. The van der Waals surface area contributed by atoms with Crippen LogP contribution < -0.4 is 11.1 Å². The van der Waals surface area contributed by atoms with Crippen LogP contribution in [0.1, 0.15) is 16.2 Å². The van der Waals surface area contributed by atoms with Crippen molar-refractivity contribution in [2.45, 2.75) is 6.54 Å². The average Bonchev–Trinajstić information content (AvgIpc) is 2.89. The minimum Gasteiger partial charge on any atom is -0.399 e. The number of nitrogens with zero attached hydrogens (tertiary/aromatic N) is 2. The molecule has 20 heavy (non-hydrogen) atoms. The van der Waals surface area contributed by atoms with Gasteiger partial charge in [-0.25, -0.2) is 0 Å². The Morgan fingerprint density at radius 3 is 3.00 bits per heavy atom. The van der Waals surface area contributed by atoms with Crippen molar-refractivity contribution < 1.29 is 4.79 Å². The monoisotopic (exact) mass is 267 g/mol. The Bertz CT molecular complexity index is 751. The SMILES string of the molecule is Nc1ccc2[nH]c(C(=O)NCc3cccnn3)cc2c1. The smallest absolute Gasteiger partial charge is 0.268 e. The molecule has 0 radical (unpaired) electrons. The van der Waals surface area contributed by atoms with Gasteiger partial charge in [-0.05, 0) is 36.4 Å². The van der Waals surface area contributed by atoms with E-state index in [2.05, 4.69) is 20.5 Å². The number of amides is 1. The van der Waals surface area contributed by atoms with Crippen molar-refractivity contribution in [3.05, 3.63) is 54.0 Å². The number of H-pyrrole nitrogens is 1. The Kier molecular flexibility index (Phi) is 3.04. The Hall–Kier alpha value is -2.89. The van der Waals surface area contributed by atoms with Gasteiger partial charge in [0.2, 0.25) is 0 Å². The van der Waals surface area contributed by atoms with Crippen LogP contribution in [0.3, 0.4) is 0 Å². The molecule has 2 heterocycles. The lowest BCUT2D eigenvalue weighted by Crippen LogP contribution is -2.23. The number of fused-ring (bicyclic) bond motifs is 1. The van der Waals surface area contributed by atoms with Crippen LogP contribution in [-0.4, -0.2) is 21.1 Å². The van der Waals surface area contributed by atoms with Gasteiger partial charge in [0, 0.05) is 22.8 Å². The Labute approximate surface area is 115 Å². The summed E-state index contributed by atoms with van der Waals surface area (Å²) in [6, 6.07) is 10.8. The summed E-state index contributed by atoms with van der Waals surface area (Å²) in [6.07, 6.45) is 1.59. The molecule has 6 nitrogen and oxygen atoms in total. The second-order valence-corrected chi connectivity index (χ2v) is 4.43. The zero-order valence-corrected chi connectivity index (χ0v) is 10.6. The van der Waals surface area contributed by atoms with Crippen molar-refractivity contribution in [2.75, 3.05) is 5.73 Å². The molecule has 2 aromatic heterocycles. The van der Waals surface area contributed by atoms with E-state index in [1.165, 1.54) is 0 Å². The van der Waals surface area contributed by atoms with E-state index in [1.54, 1.807) is 30.5 Å². The maximum absolute atomic E-state index is 12.1. The van der Waals surface area contributed by atoms with Crippen molar-refractivity contribution in [1.29, 1.82) is 0 Å². The predicted molar refractivity (Wildman–Crippen MR) is 75.9 cm³/mol. The molecule has 0 bridgehead atoms. The minimum atomic E-state index is -0.189. The van der Waals surface area contributed by atoms with Gasteiger partial charge in [0.25, 0.3) is 5.91 Å². The number of hydrogen-bond donors (Lipinski definition) is 3. The first-order valence-electron chi connectivity index (χ1n) is 6.15. The average molecular weight is 267 g/mol. The van der Waals surface area contributed by atoms with Crippen LogP contribution in [0.5, 0.6) is 0 Å². The highest BCUT2D eigenvalue weighted by molar-refractivity contribution is 5.98. The first-order valence-corrected chi connectivity index (χ1v) is 6.15. The fourth-order valence-corrected chi connectivity index (χ4v) is 1.97. The third-order valence-electron chi connectivity index (χ3n) is 2.95. The summed E-state index contributed by atoms with van der Waals surface area (Å²) >= 11 is 0. The number of nitrogens with one attached hydrogen (secondary N) is 2. The molecular weight excluding hydrogens is 254 g/mol. The highest BCUT2D eigenvalue weighted by Crippen LogP contribution is 2.18. The number of benzene rings is 1. The van der Waals surface area contributed by atoms with Gasteiger partial charge in [-0.2, -0.15) is 10.2 Å². The Morgan fingerprint density at radius 1 is 1.30 bits per heavy atom. The van der Waals surface area contributed by atoms with Crippen molar-refractivity contribution in [3.8, 4) is 0 Å². The maximum atomic E-state index is 12.1. The molecule has 0 aliphatic rings. The van der Waals surface area contributed by atoms with Crippen LogP contribution >= 0.6 is 0 Å². The zero-order valence-electron chi connectivity index (χ0n) is 10.6. The zero-order chi connectivity index (χ0) is 13.9. The number of aromatic amines is 1. The number of carbonyl (C=O) groups excluding carboxylic acids is 1. The standard InChI is InChI=1S/C14H13N5O/c15-10-3-4-12-9(6-10)7-13(18-12)14(20)16-8-11-2-1-5-17-19-11/h1-7,18H,8,15H2,(H,16,20). The molecule has 3 aromatic rings. The van der Waals surface area contributed by atoms with E-state index in [9.17, 15) is 4.79 Å². The van der Waals surface area contributed by atoms with E-state index in [0.29, 0.717) is 23.6 Å². The van der Waals surface area contributed by atoms with Crippen molar-refractivity contribution in [2.24, 2.45) is 0 Å². The number of aromatic nitrogens is 3. The van der Waals surface area contributed by atoms with Crippen LogP contribution in [0.15, 0.2) is 42.6 Å². The largest absolute Gasteiger partial charge is 0.399 e. The summed E-state index contributed by atoms with van der Waals surface area (Å²) in [4.78, 5) is 15.1. The van der Waals surface area contributed by atoms with E-state index >= 15 is 0 Å².